The second kappa shape index (κ2) is 5.66. The number of thiophene rings is 1. The standard InChI is InChI=1S/C12H14N2O4S3/c1-14(20(2,15)16)11-7-5-10(6-8-11)13-21(17,18)12-4-3-9-19-12/h3-9,13H,1-2H3. The van der Waals surface area contributed by atoms with Gasteiger partial charge in [0.2, 0.25) is 10.0 Å². The lowest BCUT2D eigenvalue weighted by Gasteiger charge is -2.17. The van der Waals surface area contributed by atoms with Crippen LogP contribution in [-0.2, 0) is 20.0 Å². The normalized spacial score (nSPS) is 12.1. The molecule has 0 saturated carbocycles. The van der Waals surface area contributed by atoms with Crippen LogP contribution in [0.25, 0.3) is 0 Å². The molecule has 2 rings (SSSR count). The molecule has 1 heterocycles. The Kier molecular flexibility index (Phi) is 4.26. The van der Waals surface area contributed by atoms with Crippen molar-refractivity contribution in [1.29, 1.82) is 0 Å². The summed E-state index contributed by atoms with van der Waals surface area (Å²) in [5.41, 5.74) is 0.825. The van der Waals surface area contributed by atoms with E-state index in [1.165, 1.54) is 37.4 Å². The molecule has 2 aromatic rings. The van der Waals surface area contributed by atoms with Crippen LogP contribution in [0.5, 0.6) is 0 Å². The average Bonchev–Trinajstić information content (AvgIpc) is 2.92. The Morgan fingerprint density at radius 2 is 1.67 bits per heavy atom. The molecule has 0 atom stereocenters. The van der Waals surface area contributed by atoms with Crippen LogP contribution in [0.2, 0.25) is 0 Å². The Bertz CT molecular complexity index is 810. The van der Waals surface area contributed by atoms with E-state index >= 15 is 0 Å². The summed E-state index contributed by atoms with van der Waals surface area (Å²) in [6, 6.07) is 9.27. The number of sulfonamides is 2. The first-order chi connectivity index (χ1) is 9.70. The predicted octanol–water partition coefficient (Wildman–Crippen LogP) is 1.94. The van der Waals surface area contributed by atoms with Gasteiger partial charge in [0.1, 0.15) is 4.21 Å². The summed E-state index contributed by atoms with van der Waals surface area (Å²) in [6.45, 7) is 0. The minimum absolute atomic E-state index is 0.222. The second-order valence-corrected chi connectivity index (χ2v) is 9.19. The summed E-state index contributed by atoms with van der Waals surface area (Å²) in [6.07, 6.45) is 1.10. The third-order valence-corrected chi connectivity index (χ3v) is 6.73. The van der Waals surface area contributed by atoms with Crippen molar-refractivity contribution in [1.82, 2.24) is 0 Å². The Morgan fingerprint density at radius 1 is 1.05 bits per heavy atom. The first kappa shape index (κ1) is 15.8. The maximum absolute atomic E-state index is 12.0. The summed E-state index contributed by atoms with van der Waals surface area (Å²) < 4.78 is 50.7. The summed E-state index contributed by atoms with van der Waals surface area (Å²) in [4.78, 5) is 0. The smallest absolute Gasteiger partial charge is 0.271 e. The third kappa shape index (κ3) is 3.74. The van der Waals surface area contributed by atoms with Gasteiger partial charge in [-0.3, -0.25) is 9.03 Å². The number of benzene rings is 1. The molecule has 0 aliphatic heterocycles. The fourth-order valence-corrected chi connectivity index (χ4v) is 4.11. The maximum atomic E-state index is 12.0. The Labute approximate surface area is 128 Å². The van der Waals surface area contributed by atoms with Gasteiger partial charge in [0.05, 0.1) is 11.9 Å². The van der Waals surface area contributed by atoms with Gasteiger partial charge in [-0.15, -0.1) is 11.3 Å². The molecular formula is C12H14N2O4S3. The number of hydrogen-bond donors (Lipinski definition) is 1. The van der Waals surface area contributed by atoms with E-state index in [9.17, 15) is 16.8 Å². The van der Waals surface area contributed by atoms with Crippen LogP contribution < -0.4 is 9.03 Å². The van der Waals surface area contributed by atoms with Crippen molar-refractivity contribution in [3.8, 4) is 0 Å². The Hall–Kier alpha value is -1.58. The number of nitrogens with one attached hydrogen (secondary N) is 1. The van der Waals surface area contributed by atoms with Gasteiger partial charge in [-0.2, -0.15) is 0 Å². The van der Waals surface area contributed by atoms with Crippen LogP contribution in [0.15, 0.2) is 46.0 Å². The molecule has 0 radical (unpaired) electrons. The molecule has 0 aliphatic rings. The lowest BCUT2D eigenvalue weighted by atomic mass is 10.3. The minimum Gasteiger partial charge on any atom is -0.279 e. The van der Waals surface area contributed by atoms with Crippen molar-refractivity contribution in [2.45, 2.75) is 4.21 Å². The zero-order valence-electron chi connectivity index (χ0n) is 11.3. The Morgan fingerprint density at radius 3 is 2.14 bits per heavy atom. The van der Waals surface area contributed by atoms with Crippen LogP contribution in [0.1, 0.15) is 0 Å². The zero-order valence-corrected chi connectivity index (χ0v) is 13.8. The van der Waals surface area contributed by atoms with Crippen molar-refractivity contribution in [2.24, 2.45) is 0 Å². The average molecular weight is 346 g/mol. The summed E-state index contributed by atoms with van der Waals surface area (Å²) >= 11 is 1.12. The highest BCUT2D eigenvalue weighted by Crippen LogP contribution is 2.23. The number of anilines is 2. The van der Waals surface area contributed by atoms with Crippen LogP contribution >= 0.6 is 11.3 Å². The molecule has 1 aromatic heterocycles. The fraction of sp³-hybridized carbons (Fsp3) is 0.167. The molecule has 1 N–H and O–H groups in total. The zero-order chi connectivity index (χ0) is 15.7. The van der Waals surface area contributed by atoms with Crippen LogP contribution in [-0.4, -0.2) is 30.1 Å². The van der Waals surface area contributed by atoms with Gasteiger partial charge >= 0.3 is 0 Å². The predicted molar refractivity (Wildman–Crippen MR) is 84.8 cm³/mol. The fourth-order valence-electron chi connectivity index (χ4n) is 1.55. The third-order valence-electron chi connectivity index (χ3n) is 2.74. The molecular weight excluding hydrogens is 332 g/mol. The van der Waals surface area contributed by atoms with E-state index in [0.717, 1.165) is 21.9 Å². The van der Waals surface area contributed by atoms with Crippen molar-refractivity contribution in [2.75, 3.05) is 22.3 Å². The monoisotopic (exact) mass is 346 g/mol. The van der Waals surface area contributed by atoms with E-state index in [4.69, 9.17) is 0 Å². The molecule has 0 amide bonds. The molecule has 9 heteroatoms. The first-order valence-electron chi connectivity index (χ1n) is 5.80. The molecule has 0 spiro atoms. The molecule has 0 saturated heterocycles. The summed E-state index contributed by atoms with van der Waals surface area (Å²) in [7, 11) is -5.51. The van der Waals surface area contributed by atoms with Crippen molar-refractivity contribution >= 4 is 42.8 Å². The molecule has 1 aromatic carbocycles. The van der Waals surface area contributed by atoms with E-state index < -0.39 is 20.0 Å². The molecule has 0 fully saturated rings. The Balaban J connectivity index is 2.21. The first-order valence-corrected chi connectivity index (χ1v) is 10.0. The molecule has 21 heavy (non-hydrogen) atoms. The molecule has 0 unspecified atom stereocenters. The number of hydrogen-bond acceptors (Lipinski definition) is 5. The molecule has 0 bridgehead atoms. The van der Waals surface area contributed by atoms with Crippen molar-refractivity contribution in [3.05, 3.63) is 41.8 Å². The highest BCUT2D eigenvalue weighted by molar-refractivity contribution is 7.94. The molecule has 6 nitrogen and oxygen atoms in total. The van der Waals surface area contributed by atoms with Gasteiger partial charge in [0.15, 0.2) is 0 Å². The van der Waals surface area contributed by atoms with Gasteiger partial charge in [0, 0.05) is 12.7 Å². The van der Waals surface area contributed by atoms with Crippen LogP contribution in [0.4, 0.5) is 11.4 Å². The number of rotatable bonds is 5. The summed E-state index contributed by atoms with van der Waals surface area (Å²) in [5.74, 6) is 0. The number of nitrogens with zero attached hydrogens (tertiary/aromatic N) is 1. The maximum Gasteiger partial charge on any atom is 0.271 e. The lowest BCUT2D eigenvalue weighted by Crippen LogP contribution is -2.24. The highest BCUT2D eigenvalue weighted by atomic mass is 32.2. The van der Waals surface area contributed by atoms with Gasteiger partial charge in [0.25, 0.3) is 10.0 Å². The summed E-state index contributed by atoms with van der Waals surface area (Å²) in [5, 5.41) is 1.68. The topological polar surface area (TPSA) is 83.6 Å². The van der Waals surface area contributed by atoms with E-state index in [1.54, 1.807) is 11.4 Å². The highest BCUT2D eigenvalue weighted by Gasteiger charge is 2.16. The van der Waals surface area contributed by atoms with Gasteiger partial charge in [-0.05, 0) is 35.7 Å². The van der Waals surface area contributed by atoms with E-state index in [0.29, 0.717) is 11.4 Å². The molecule has 114 valence electrons. The van der Waals surface area contributed by atoms with E-state index in [-0.39, 0.29) is 4.21 Å². The second-order valence-electron chi connectivity index (χ2n) is 4.31. The minimum atomic E-state index is -3.59. The van der Waals surface area contributed by atoms with E-state index in [2.05, 4.69) is 4.72 Å². The molecule has 0 aliphatic carbocycles. The largest absolute Gasteiger partial charge is 0.279 e. The van der Waals surface area contributed by atoms with Gasteiger partial charge in [-0.25, -0.2) is 16.8 Å². The van der Waals surface area contributed by atoms with E-state index in [1.807, 2.05) is 0 Å². The quantitative estimate of drug-likeness (QED) is 0.897. The van der Waals surface area contributed by atoms with Crippen LogP contribution in [0.3, 0.4) is 0 Å². The van der Waals surface area contributed by atoms with Crippen molar-refractivity contribution < 1.29 is 16.8 Å². The van der Waals surface area contributed by atoms with Crippen LogP contribution in [0, 0.1) is 0 Å². The van der Waals surface area contributed by atoms with Crippen molar-refractivity contribution in [3.63, 3.8) is 0 Å². The lowest BCUT2D eigenvalue weighted by molar-refractivity contribution is 0.599. The van der Waals surface area contributed by atoms with Gasteiger partial charge in [-0.1, -0.05) is 6.07 Å². The SMILES string of the molecule is CN(c1ccc(NS(=O)(=O)c2cccs2)cc1)S(C)(=O)=O. The van der Waals surface area contributed by atoms with Gasteiger partial charge < -0.3 is 0 Å².